The Labute approximate surface area is 146 Å². The summed E-state index contributed by atoms with van der Waals surface area (Å²) in [5.74, 6) is 0.280. The lowest BCUT2D eigenvalue weighted by Crippen LogP contribution is -2.08. The summed E-state index contributed by atoms with van der Waals surface area (Å²) >= 11 is 0. The number of nitrogens with zero attached hydrogens (tertiary/aromatic N) is 3. The van der Waals surface area contributed by atoms with E-state index in [0.29, 0.717) is 12.2 Å². The van der Waals surface area contributed by atoms with Gasteiger partial charge in [-0.05, 0) is 30.7 Å². The Morgan fingerprint density at radius 1 is 1.08 bits per heavy atom. The Morgan fingerprint density at radius 3 is 2.50 bits per heavy atom. The molecule has 0 fully saturated rings. The molecule has 0 unspecified atom stereocenters. The van der Waals surface area contributed by atoms with Crippen molar-refractivity contribution in [2.24, 2.45) is 0 Å². The average molecular weight is 357 g/mol. The summed E-state index contributed by atoms with van der Waals surface area (Å²) in [6.07, 6.45) is -3.12. The number of rotatable bonds is 3. The van der Waals surface area contributed by atoms with Crippen LogP contribution >= 0.6 is 0 Å². The Bertz CT molecular complexity index is 1050. The monoisotopic (exact) mass is 357 g/mol. The highest BCUT2D eigenvalue weighted by molar-refractivity contribution is 5.85. The van der Waals surface area contributed by atoms with Gasteiger partial charge in [0, 0.05) is 0 Å². The van der Waals surface area contributed by atoms with Crippen LogP contribution in [0.15, 0.2) is 59.2 Å². The minimum absolute atomic E-state index is 0.0173. The molecular formula is C19H14F3N3O. The number of benzene rings is 1. The molecule has 0 N–H and O–H groups in total. The number of halogens is 3. The van der Waals surface area contributed by atoms with Crippen molar-refractivity contribution in [1.29, 1.82) is 0 Å². The largest absolute Gasteiger partial charge is 0.463 e. The molecule has 26 heavy (non-hydrogen) atoms. The van der Waals surface area contributed by atoms with Crippen LogP contribution in [0.4, 0.5) is 13.2 Å². The fourth-order valence-corrected chi connectivity index (χ4v) is 2.99. The van der Waals surface area contributed by atoms with Gasteiger partial charge in [0.15, 0.2) is 11.4 Å². The highest BCUT2D eigenvalue weighted by atomic mass is 19.4. The standard InChI is InChI=1S/C19H14F3N3O/c1-12-17-14(19(20,21)22)10-15(16-8-5-9-26-16)23-18(17)25(24-12)11-13-6-3-2-4-7-13/h2-10H,11H2,1H3. The number of fused-ring (bicyclic) bond motifs is 1. The van der Waals surface area contributed by atoms with Crippen molar-refractivity contribution < 1.29 is 17.6 Å². The molecule has 0 aliphatic heterocycles. The molecule has 0 saturated heterocycles. The van der Waals surface area contributed by atoms with Crippen LogP contribution in [0.2, 0.25) is 0 Å². The van der Waals surface area contributed by atoms with Crippen LogP contribution in [0.1, 0.15) is 16.8 Å². The molecule has 0 saturated carbocycles. The first-order chi connectivity index (χ1) is 12.4. The summed E-state index contributed by atoms with van der Waals surface area (Å²) in [5.41, 5.74) is 0.778. The Morgan fingerprint density at radius 2 is 1.85 bits per heavy atom. The van der Waals surface area contributed by atoms with Crippen molar-refractivity contribution in [3.05, 3.63) is 71.6 Å². The van der Waals surface area contributed by atoms with Gasteiger partial charge in [0.1, 0.15) is 5.69 Å². The summed E-state index contributed by atoms with van der Waals surface area (Å²) in [6, 6.07) is 13.6. The van der Waals surface area contributed by atoms with Crippen LogP contribution in [0, 0.1) is 6.92 Å². The first-order valence-corrected chi connectivity index (χ1v) is 7.96. The zero-order valence-electron chi connectivity index (χ0n) is 13.8. The normalized spacial score (nSPS) is 12.0. The quantitative estimate of drug-likeness (QED) is 0.514. The number of hydrogen-bond donors (Lipinski definition) is 0. The van der Waals surface area contributed by atoms with Crippen molar-refractivity contribution in [3.63, 3.8) is 0 Å². The van der Waals surface area contributed by atoms with Gasteiger partial charge in [-0.15, -0.1) is 0 Å². The van der Waals surface area contributed by atoms with Gasteiger partial charge in [-0.1, -0.05) is 30.3 Å². The molecule has 0 aliphatic carbocycles. The number of hydrogen-bond acceptors (Lipinski definition) is 3. The smallest absolute Gasteiger partial charge is 0.417 e. The lowest BCUT2D eigenvalue weighted by molar-refractivity contribution is -0.136. The predicted octanol–water partition coefficient (Wildman–Crippen LogP) is 5.07. The van der Waals surface area contributed by atoms with Gasteiger partial charge in [0.2, 0.25) is 0 Å². The van der Waals surface area contributed by atoms with Crippen LogP contribution < -0.4 is 0 Å². The van der Waals surface area contributed by atoms with Gasteiger partial charge < -0.3 is 4.42 Å². The molecule has 4 nitrogen and oxygen atoms in total. The topological polar surface area (TPSA) is 43.9 Å². The summed E-state index contributed by atoms with van der Waals surface area (Å²) < 4.78 is 47.7. The number of alkyl halides is 3. The maximum Gasteiger partial charge on any atom is 0.417 e. The molecule has 0 bridgehead atoms. The SMILES string of the molecule is Cc1nn(Cc2ccccc2)c2nc(-c3ccco3)cc(C(F)(F)F)c12. The van der Waals surface area contributed by atoms with Crippen LogP contribution in [-0.2, 0) is 12.7 Å². The van der Waals surface area contributed by atoms with E-state index < -0.39 is 11.7 Å². The molecule has 7 heteroatoms. The van der Waals surface area contributed by atoms with Crippen LogP contribution in [0.3, 0.4) is 0 Å². The van der Waals surface area contributed by atoms with Gasteiger partial charge in [0.25, 0.3) is 0 Å². The zero-order valence-corrected chi connectivity index (χ0v) is 13.8. The second-order valence-electron chi connectivity index (χ2n) is 5.96. The number of aryl methyl sites for hydroxylation is 1. The average Bonchev–Trinajstić information content (AvgIpc) is 3.24. The van der Waals surface area contributed by atoms with Crippen molar-refractivity contribution in [1.82, 2.24) is 14.8 Å². The van der Waals surface area contributed by atoms with Gasteiger partial charge in [-0.25, -0.2) is 9.67 Å². The van der Waals surface area contributed by atoms with Crippen molar-refractivity contribution in [2.75, 3.05) is 0 Å². The van der Waals surface area contributed by atoms with E-state index >= 15 is 0 Å². The van der Waals surface area contributed by atoms with Gasteiger partial charge >= 0.3 is 6.18 Å². The third kappa shape index (κ3) is 2.85. The van der Waals surface area contributed by atoms with E-state index in [2.05, 4.69) is 10.1 Å². The summed E-state index contributed by atoms with van der Waals surface area (Å²) in [6.45, 7) is 1.89. The molecule has 4 aromatic rings. The first kappa shape index (κ1) is 16.4. The van der Waals surface area contributed by atoms with Crippen LogP contribution in [0.5, 0.6) is 0 Å². The summed E-state index contributed by atoms with van der Waals surface area (Å²) in [4.78, 5) is 4.42. The van der Waals surface area contributed by atoms with Crippen molar-refractivity contribution >= 4 is 11.0 Å². The molecule has 132 valence electrons. The fourth-order valence-electron chi connectivity index (χ4n) is 2.99. The predicted molar refractivity (Wildman–Crippen MR) is 90.5 cm³/mol. The number of furan rings is 1. The minimum atomic E-state index is -4.52. The molecule has 3 aromatic heterocycles. The Kier molecular flexibility index (Phi) is 3.79. The molecule has 0 radical (unpaired) electrons. The highest BCUT2D eigenvalue weighted by Gasteiger charge is 2.36. The van der Waals surface area contributed by atoms with E-state index in [9.17, 15) is 13.2 Å². The van der Waals surface area contributed by atoms with E-state index in [1.165, 1.54) is 10.9 Å². The van der Waals surface area contributed by atoms with E-state index in [0.717, 1.165) is 11.6 Å². The van der Waals surface area contributed by atoms with Gasteiger partial charge in [0.05, 0.1) is 29.5 Å². The molecule has 3 heterocycles. The molecule has 0 spiro atoms. The lowest BCUT2D eigenvalue weighted by atomic mass is 10.1. The molecule has 4 rings (SSSR count). The minimum Gasteiger partial charge on any atom is -0.463 e. The maximum absolute atomic E-state index is 13.7. The Hall–Kier alpha value is -3.09. The summed E-state index contributed by atoms with van der Waals surface area (Å²) in [5, 5.41) is 4.32. The molecule has 0 aliphatic rings. The van der Waals surface area contributed by atoms with Crippen molar-refractivity contribution in [3.8, 4) is 11.5 Å². The second-order valence-corrected chi connectivity index (χ2v) is 5.96. The van der Waals surface area contributed by atoms with E-state index in [4.69, 9.17) is 4.42 Å². The molecule has 0 atom stereocenters. The fraction of sp³-hybridized carbons (Fsp3) is 0.158. The number of pyridine rings is 1. The van der Waals surface area contributed by atoms with E-state index in [1.807, 2.05) is 30.3 Å². The molecular weight excluding hydrogens is 343 g/mol. The lowest BCUT2D eigenvalue weighted by Gasteiger charge is -2.11. The first-order valence-electron chi connectivity index (χ1n) is 7.96. The van der Waals surface area contributed by atoms with E-state index in [1.54, 1.807) is 19.1 Å². The maximum atomic E-state index is 13.7. The van der Waals surface area contributed by atoms with Gasteiger partial charge in [-0.3, -0.25) is 0 Å². The third-order valence-electron chi connectivity index (χ3n) is 4.13. The van der Waals surface area contributed by atoms with E-state index in [-0.39, 0.29) is 22.5 Å². The summed E-state index contributed by atoms with van der Waals surface area (Å²) in [7, 11) is 0. The number of aromatic nitrogens is 3. The van der Waals surface area contributed by atoms with Crippen molar-refractivity contribution in [2.45, 2.75) is 19.6 Å². The second kappa shape index (κ2) is 6.01. The van der Waals surface area contributed by atoms with Crippen LogP contribution in [-0.4, -0.2) is 14.8 Å². The molecule has 0 amide bonds. The third-order valence-corrected chi connectivity index (χ3v) is 4.13. The van der Waals surface area contributed by atoms with Gasteiger partial charge in [-0.2, -0.15) is 18.3 Å². The van der Waals surface area contributed by atoms with Crippen LogP contribution in [0.25, 0.3) is 22.5 Å². The highest BCUT2D eigenvalue weighted by Crippen LogP contribution is 2.38. The Balaban J connectivity index is 1.96. The molecule has 1 aromatic carbocycles. The zero-order chi connectivity index (χ0) is 18.3.